The van der Waals surface area contributed by atoms with E-state index in [4.69, 9.17) is 5.73 Å². The average molecular weight is 222 g/mol. The smallest absolute Gasteiger partial charge is 0.227 e. The Balaban J connectivity index is 1.82. The van der Waals surface area contributed by atoms with Crippen LogP contribution in [0.3, 0.4) is 0 Å². The summed E-state index contributed by atoms with van der Waals surface area (Å²) in [7, 11) is 0. The molecule has 3 heteroatoms. The maximum atomic E-state index is 11.9. The van der Waals surface area contributed by atoms with Crippen LogP contribution in [0, 0.1) is 11.3 Å². The Hall–Kier alpha value is -0.830. The molecule has 0 aromatic heterocycles. The summed E-state index contributed by atoms with van der Waals surface area (Å²) in [5.41, 5.74) is 6.14. The number of rotatable bonds is 2. The van der Waals surface area contributed by atoms with E-state index in [9.17, 15) is 4.79 Å². The van der Waals surface area contributed by atoms with Crippen LogP contribution in [0.15, 0.2) is 12.2 Å². The lowest BCUT2D eigenvalue weighted by Gasteiger charge is -2.19. The van der Waals surface area contributed by atoms with Gasteiger partial charge < -0.3 is 11.1 Å². The Labute approximate surface area is 97.5 Å². The first-order chi connectivity index (χ1) is 7.46. The van der Waals surface area contributed by atoms with Crippen molar-refractivity contribution in [3.05, 3.63) is 12.2 Å². The summed E-state index contributed by atoms with van der Waals surface area (Å²) in [6, 6.07) is 0.434. The third-order valence-electron chi connectivity index (χ3n) is 3.77. The van der Waals surface area contributed by atoms with Gasteiger partial charge in [0.05, 0.1) is 5.92 Å². The maximum Gasteiger partial charge on any atom is 0.227 e. The van der Waals surface area contributed by atoms with Crippen molar-refractivity contribution >= 4 is 5.91 Å². The van der Waals surface area contributed by atoms with Crippen molar-refractivity contribution in [2.75, 3.05) is 0 Å². The van der Waals surface area contributed by atoms with Gasteiger partial charge in [0.1, 0.15) is 0 Å². The number of hydrogen-bond donors (Lipinski definition) is 2. The predicted molar refractivity (Wildman–Crippen MR) is 64.8 cm³/mol. The SMILES string of the molecule is CC1(C)CCC(NC(=O)C2C=CC(N)C2)C1. The van der Waals surface area contributed by atoms with E-state index in [0.717, 1.165) is 19.3 Å². The van der Waals surface area contributed by atoms with Gasteiger partial charge in [-0.15, -0.1) is 0 Å². The lowest BCUT2D eigenvalue weighted by atomic mass is 9.92. The zero-order chi connectivity index (χ0) is 11.8. The summed E-state index contributed by atoms with van der Waals surface area (Å²) in [6.07, 6.45) is 8.06. The van der Waals surface area contributed by atoms with Crippen molar-refractivity contribution in [3.63, 3.8) is 0 Å². The van der Waals surface area contributed by atoms with Crippen LogP contribution in [-0.4, -0.2) is 18.0 Å². The molecule has 0 radical (unpaired) electrons. The second kappa shape index (κ2) is 4.21. The monoisotopic (exact) mass is 222 g/mol. The van der Waals surface area contributed by atoms with Gasteiger partial charge in [0.25, 0.3) is 0 Å². The van der Waals surface area contributed by atoms with Crippen LogP contribution < -0.4 is 11.1 Å². The second-order valence-electron chi connectivity index (χ2n) is 6.00. The highest BCUT2D eigenvalue weighted by atomic mass is 16.1. The third kappa shape index (κ3) is 2.64. The van der Waals surface area contributed by atoms with Gasteiger partial charge in [0.2, 0.25) is 5.91 Å². The van der Waals surface area contributed by atoms with E-state index in [0.29, 0.717) is 11.5 Å². The summed E-state index contributed by atoms with van der Waals surface area (Å²) in [5.74, 6) is 0.158. The molecule has 0 aromatic rings. The van der Waals surface area contributed by atoms with E-state index in [1.807, 2.05) is 12.2 Å². The topological polar surface area (TPSA) is 55.1 Å². The molecule has 0 bridgehead atoms. The van der Waals surface area contributed by atoms with Crippen LogP contribution in [0.2, 0.25) is 0 Å². The zero-order valence-corrected chi connectivity index (χ0v) is 10.2. The maximum absolute atomic E-state index is 11.9. The second-order valence-corrected chi connectivity index (χ2v) is 6.00. The molecule has 1 fully saturated rings. The molecule has 3 atom stereocenters. The molecular formula is C13H22N2O. The summed E-state index contributed by atoms with van der Waals surface area (Å²) >= 11 is 0. The molecule has 0 spiro atoms. The van der Waals surface area contributed by atoms with E-state index in [1.54, 1.807) is 0 Å². The Morgan fingerprint density at radius 3 is 2.69 bits per heavy atom. The zero-order valence-electron chi connectivity index (χ0n) is 10.2. The van der Waals surface area contributed by atoms with E-state index < -0.39 is 0 Å². The predicted octanol–water partition coefficient (Wildman–Crippen LogP) is 1.58. The Bertz CT molecular complexity index is 309. The first-order valence-electron chi connectivity index (χ1n) is 6.20. The van der Waals surface area contributed by atoms with Gasteiger partial charge in [-0.2, -0.15) is 0 Å². The van der Waals surface area contributed by atoms with Crippen LogP contribution >= 0.6 is 0 Å². The van der Waals surface area contributed by atoms with E-state index >= 15 is 0 Å². The van der Waals surface area contributed by atoms with Crippen LogP contribution in [0.5, 0.6) is 0 Å². The van der Waals surface area contributed by atoms with Gasteiger partial charge in [-0.3, -0.25) is 4.79 Å². The van der Waals surface area contributed by atoms with Crippen molar-refractivity contribution in [2.24, 2.45) is 17.1 Å². The van der Waals surface area contributed by atoms with Gasteiger partial charge in [-0.25, -0.2) is 0 Å². The molecule has 0 heterocycles. The molecule has 3 unspecified atom stereocenters. The van der Waals surface area contributed by atoms with E-state index in [-0.39, 0.29) is 17.9 Å². The molecule has 90 valence electrons. The summed E-state index contributed by atoms with van der Waals surface area (Å²) in [4.78, 5) is 11.9. The highest BCUT2D eigenvalue weighted by molar-refractivity contribution is 5.81. The van der Waals surface area contributed by atoms with Crippen LogP contribution in [0.25, 0.3) is 0 Å². The van der Waals surface area contributed by atoms with Crippen molar-refractivity contribution in [1.29, 1.82) is 0 Å². The lowest BCUT2D eigenvalue weighted by Crippen LogP contribution is -2.37. The summed E-state index contributed by atoms with van der Waals surface area (Å²) in [6.45, 7) is 4.54. The summed E-state index contributed by atoms with van der Waals surface area (Å²) in [5, 5.41) is 3.15. The van der Waals surface area contributed by atoms with Crippen molar-refractivity contribution < 1.29 is 4.79 Å². The minimum atomic E-state index is -0.00119. The molecule has 16 heavy (non-hydrogen) atoms. The highest BCUT2D eigenvalue weighted by Crippen LogP contribution is 2.37. The van der Waals surface area contributed by atoms with Gasteiger partial charge >= 0.3 is 0 Å². The van der Waals surface area contributed by atoms with Gasteiger partial charge in [0.15, 0.2) is 0 Å². The molecule has 1 amide bonds. The number of carbonyl (C=O) groups excluding carboxylic acids is 1. The minimum absolute atomic E-state index is 0.00119. The number of hydrogen-bond acceptors (Lipinski definition) is 2. The Kier molecular flexibility index (Phi) is 3.06. The first-order valence-corrected chi connectivity index (χ1v) is 6.20. The molecule has 0 aromatic carbocycles. The highest BCUT2D eigenvalue weighted by Gasteiger charge is 2.33. The van der Waals surface area contributed by atoms with Gasteiger partial charge in [0, 0.05) is 12.1 Å². The minimum Gasteiger partial charge on any atom is -0.353 e. The fraction of sp³-hybridized carbons (Fsp3) is 0.769. The van der Waals surface area contributed by atoms with E-state index in [2.05, 4.69) is 19.2 Å². The fourth-order valence-corrected chi connectivity index (χ4v) is 2.79. The van der Waals surface area contributed by atoms with Crippen LogP contribution in [0.1, 0.15) is 39.5 Å². The van der Waals surface area contributed by atoms with E-state index in [1.165, 1.54) is 6.42 Å². The quantitative estimate of drug-likeness (QED) is 0.697. The number of nitrogens with two attached hydrogens (primary N) is 1. The van der Waals surface area contributed by atoms with Crippen molar-refractivity contribution in [1.82, 2.24) is 5.32 Å². The number of nitrogens with one attached hydrogen (secondary N) is 1. The average Bonchev–Trinajstić information content (AvgIpc) is 2.73. The van der Waals surface area contributed by atoms with Crippen molar-refractivity contribution in [2.45, 2.75) is 51.6 Å². The number of amides is 1. The number of carbonyl (C=O) groups is 1. The Morgan fingerprint density at radius 1 is 1.44 bits per heavy atom. The third-order valence-corrected chi connectivity index (χ3v) is 3.77. The van der Waals surface area contributed by atoms with Gasteiger partial charge in [-0.1, -0.05) is 26.0 Å². The molecular weight excluding hydrogens is 200 g/mol. The molecule has 3 N–H and O–H groups in total. The molecule has 2 aliphatic rings. The lowest BCUT2D eigenvalue weighted by molar-refractivity contribution is -0.124. The van der Waals surface area contributed by atoms with Crippen molar-refractivity contribution in [3.8, 4) is 0 Å². The molecule has 1 saturated carbocycles. The molecule has 2 aliphatic carbocycles. The van der Waals surface area contributed by atoms with Gasteiger partial charge in [-0.05, 0) is 31.1 Å². The summed E-state index contributed by atoms with van der Waals surface area (Å²) < 4.78 is 0. The standard InChI is InChI=1S/C13H22N2O/c1-13(2)6-5-11(8-13)15-12(16)9-3-4-10(14)7-9/h3-4,9-11H,5-8,14H2,1-2H3,(H,15,16). The normalized spacial score (nSPS) is 36.6. The first kappa shape index (κ1) is 11.6. The fourth-order valence-electron chi connectivity index (χ4n) is 2.79. The molecule has 0 aliphatic heterocycles. The molecule has 0 saturated heterocycles. The molecule has 2 rings (SSSR count). The molecule has 3 nitrogen and oxygen atoms in total. The largest absolute Gasteiger partial charge is 0.353 e. The van der Waals surface area contributed by atoms with Crippen LogP contribution in [-0.2, 0) is 4.79 Å². The Morgan fingerprint density at radius 2 is 2.19 bits per heavy atom. The van der Waals surface area contributed by atoms with Crippen LogP contribution in [0.4, 0.5) is 0 Å².